The van der Waals surface area contributed by atoms with E-state index >= 15 is 8.78 Å². The highest BCUT2D eigenvalue weighted by Crippen LogP contribution is 2.32. The maximum absolute atomic E-state index is 15.0. The zero-order valence-electron chi connectivity index (χ0n) is 19.2. The van der Waals surface area contributed by atoms with Crippen LogP contribution in [-0.2, 0) is 9.53 Å². The van der Waals surface area contributed by atoms with E-state index in [2.05, 4.69) is 15.3 Å². The molecule has 1 atom stereocenters. The first-order valence-electron chi connectivity index (χ1n) is 11.2. The topological polar surface area (TPSA) is 89.4 Å². The van der Waals surface area contributed by atoms with E-state index in [4.69, 9.17) is 4.74 Å². The quantitative estimate of drug-likeness (QED) is 0.435. The fraction of sp³-hybridized carbons (Fsp3) is 0.154. The standard InChI is InChI=1S/C26H21F2N5O3/c1-16(34)29-12-20-13-33(26(35)36-20)19-9-21(27)25(22(28)10-19)18-7-8-24(30-11-18)32-14-23(31-15-32)17-5-3-2-4-6-17/h2-11,14-15,20H,12-13H2,1H3,(H,29,34)/t20-/m0/s1. The average molecular weight is 489 g/mol. The van der Waals surface area contributed by atoms with Gasteiger partial charge in [0.2, 0.25) is 5.91 Å². The van der Waals surface area contributed by atoms with E-state index in [1.54, 1.807) is 23.0 Å². The Bertz CT molecular complexity index is 1400. The molecule has 2 aromatic heterocycles. The van der Waals surface area contributed by atoms with Crippen LogP contribution in [0, 0.1) is 11.6 Å². The van der Waals surface area contributed by atoms with Crippen LogP contribution in [0.25, 0.3) is 28.2 Å². The molecule has 1 aliphatic rings. The van der Waals surface area contributed by atoms with Crippen molar-refractivity contribution in [3.05, 3.63) is 85.0 Å². The van der Waals surface area contributed by atoms with Gasteiger partial charge in [0.15, 0.2) is 0 Å². The summed E-state index contributed by atoms with van der Waals surface area (Å²) in [5, 5.41) is 2.56. The van der Waals surface area contributed by atoms with Crippen molar-refractivity contribution in [2.75, 3.05) is 18.0 Å². The normalized spacial score (nSPS) is 15.1. The molecular weight excluding hydrogens is 468 g/mol. The number of nitrogens with one attached hydrogen (secondary N) is 1. The smallest absolute Gasteiger partial charge is 0.414 e. The fourth-order valence-corrected chi connectivity index (χ4v) is 3.98. The third-order valence-corrected chi connectivity index (χ3v) is 5.74. The first kappa shape index (κ1) is 23.2. The van der Waals surface area contributed by atoms with Gasteiger partial charge in [0.25, 0.3) is 0 Å². The molecule has 1 saturated heterocycles. The maximum atomic E-state index is 15.0. The summed E-state index contributed by atoms with van der Waals surface area (Å²) in [5.41, 5.74) is 1.75. The molecule has 5 rings (SSSR count). The van der Waals surface area contributed by atoms with Crippen molar-refractivity contribution in [1.82, 2.24) is 19.9 Å². The summed E-state index contributed by atoms with van der Waals surface area (Å²) in [6.07, 6.45) is 3.47. The number of aromatic nitrogens is 3. The van der Waals surface area contributed by atoms with Crippen LogP contribution in [0.1, 0.15) is 6.92 Å². The summed E-state index contributed by atoms with van der Waals surface area (Å²) in [5.74, 6) is -1.41. The zero-order valence-corrected chi connectivity index (χ0v) is 19.2. The van der Waals surface area contributed by atoms with Gasteiger partial charge in [-0.3, -0.25) is 14.3 Å². The molecule has 8 nitrogen and oxygen atoms in total. The van der Waals surface area contributed by atoms with Gasteiger partial charge in [-0.15, -0.1) is 0 Å². The predicted octanol–water partition coefficient (Wildman–Crippen LogP) is 4.34. The van der Waals surface area contributed by atoms with Gasteiger partial charge in [0.05, 0.1) is 30.0 Å². The Morgan fingerprint density at radius 1 is 1.08 bits per heavy atom. The maximum Gasteiger partial charge on any atom is 0.414 e. The molecule has 0 unspecified atom stereocenters. The lowest BCUT2D eigenvalue weighted by Crippen LogP contribution is -2.33. The summed E-state index contributed by atoms with van der Waals surface area (Å²) in [6, 6.07) is 15.0. The van der Waals surface area contributed by atoms with Crippen LogP contribution in [-0.4, -0.2) is 45.7 Å². The molecule has 3 heterocycles. The number of nitrogens with zero attached hydrogens (tertiary/aromatic N) is 4. The van der Waals surface area contributed by atoms with E-state index in [-0.39, 0.29) is 35.8 Å². The Kier molecular flexibility index (Phi) is 6.16. The van der Waals surface area contributed by atoms with Gasteiger partial charge in [0, 0.05) is 30.4 Å². The molecule has 0 bridgehead atoms. The van der Waals surface area contributed by atoms with Crippen molar-refractivity contribution < 1.29 is 23.1 Å². The molecule has 2 aromatic carbocycles. The highest BCUT2D eigenvalue weighted by atomic mass is 19.1. The summed E-state index contributed by atoms with van der Waals surface area (Å²) in [4.78, 5) is 33.1. The summed E-state index contributed by atoms with van der Waals surface area (Å²) in [7, 11) is 0. The van der Waals surface area contributed by atoms with Crippen LogP contribution < -0.4 is 10.2 Å². The van der Waals surface area contributed by atoms with Crippen LogP contribution >= 0.6 is 0 Å². The number of hydrogen-bond donors (Lipinski definition) is 1. The second-order valence-corrected chi connectivity index (χ2v) is 8.28. The largest absolute Gasteiger partial charge is 0.442 e. The SMILES string of the molecule is CC(=O)NC[C@H]1CN(c2cc(F)c(-c3ccc(-n4cnc(-c5ccccc5)c4)nc3)c(F)c2)C(=O)O1. The van der Waals surface area contributed by atoms with Gasteiger partial charge >= 0.3 is 6.09 Å². The van der Waals surface area contributed by atoms with Crippen molar-refractivity contribution >= 4 is 17.7 Å². The lowest BCUT2D eigenvalue weighted by atomic mass is 10.1. The molecule has 36 heavy (non-hydrogen) atoms. The number of ether oxygens (including phenoxy) is 1. The lowest BCUT2D eigenvalue weighted by molar-refractivity contribution is -0.119. The minimum absolute atomic E-state index is 0.0283. The summed E-state index contributed by atoms with van der Waals surface area (Å²) < 4.78 is 36.9. The molecule has 1 fully saturated rings. The molecule has 0 aliphatic carbocycles. The fourth-order valence-electron chi connectivity index (χ4n) is 3.98. The number of anilines is 1. The van der Waals surface area contributed by atoms with E-state index in [0.717, 1.165) is 28.3 Å². The number of benzene rings is 2. The minimum Gasteiger partial charge on any atom is -0.442 e. The van der Waals surface area contributed by atoms with E-state index in [1.807, 2.05) is 36.5 Å². The van der Waals surface area contributed by atoms with E-state index in [0.29, 0.717) is 5.82 Å². The van der Waals surface area contributed by atoms with Crippen LogP contribution in [0.3, 0.4) is 0 Å². The first-order valence-corrected chi connectivity index (χ1v) is 11.2. The monoisotopic (exact) mass is 489 g/mol. The molecule has 1 aliphatic heterocycles. The highest BCUT2D eigenvalue weighted by Gasteiger charge is 2.33. The molecular formula is C26H21F2N5O3. The van der Waals surface area contributed by atoms with Gasteiger partial charge in [-0.25, -0.2) is 23.5 Å². The van der Waals surface area contributed by atoms with Crippen LogP contribution in [0.15, 0.2) is 73.3 Å². The number of imidazole rings is 1. The molecule has 0 spiro atoms. The first-order chi connectivity index (χ1) is 17.4. The van der Waals surface area contributed by atoms with Crippen molar-refractivity contribution in [3.63, 3.8) is 0 Å². The molecule has 0 radical (unpaired) electrons. The number of cyclic esters (lactones) is 1. The van der Waals surface area contributed by atoms with Crippen LogP contribution in [0.2, 0.25) is 0 Å². The third-order valence-electron chi connectivity index (χ3n) is 5.74. The van der Waals surface area contributed by atoms with Crippen molar-refractivity contribution in [3.8, 4) is 28.2 Å². The number of carbonyl (C=O) groups is 2. The van der Waals surface area contributed by atoms with Gasteiger partial charge in [-0.1, -0.05) is 30.3 Å². The Hall–Kier alpha value is -4.60. The molecule has 4 aromatic rings. The summed E-state index contributed by atoms with van der Waals surface area (Å²) >= 11 is 0. The third kappa shape index (κ3) is 4.65. The van der Waals surface area contributed by atoms with Crippen molar-refractivity contribution in [2.24, 2.45) is 0 Å². The number of halogens is 2. The van der Waals surface area contributed by atoms with Crippen molar-refractivity contribution in [2.45, 2.75) is 13.0 Å². The van der Waals surface area contributed by atoms with Gasteiger partial charge < -0.3 is 10.1 Å². The van der Waals surface area contributed by atoms with Crippen LogP contribution in [0.4, 0.5) is 19.3 Å². The van der Waals surface area contributed by atoms with Gasteiger partial charge in [0.1, 0.15) is 29.9 Å². The predicted molar refractivity (Wildman–Crippen MR) is 128 cm³/mol. The second kappa shape index (κ2) is 9.57. The molecule has 182 valence electrons. The highest BCUT2D eigenvalue weighted by molar-refractivity contribution is 5.90. The molecule has 2 amide bonds. The Morgan fingerprint density at radius 3 is 2.50 bits per heavy atom. The lowest BCUT2D eigenvalue weighted by Gasteiger charge is -2.15. The Balaban J connectivity index is 1.35. The Morgan fingerprint density at radius 2 is 1.83 bits per heavy atom. The second-order valence-electron chi connectivity index (χ2n) is 8.28. The van der Waals surface area contributed by atoms with Gasteiger partial charge in [-0.05, 0) is 24.3 Å². The van der Waals surface area contributed by atoms with Crippen LogP contribution in [0.5, 0.6) is 0 Å². The van der Waals surface area contributed by atoms with E-state index in [1.165, 1.54) is 13.1 Å². The van der Waals surface area contributed by atoms with Gasteiger partial charge in [-0.2, -0.15) is 0 Å². The summed E-state index contributed by atoms with van der Waals surface area (Å²) in [6.45, 7) is 1.52. The molecule has 0 saturated carbocycles. The number of carbonyl (C=O) groups excluding carboxylic acids is 2. The number of rotatable bonds is 6. The van der Waals surface area contributed by atoms with E-state index < -0.39 is 23.8 Å². The number of hydrogen-bond acceptors (Lipinski definition) is 5. The number of amides is 2. The van der Waals surface area contributed by atoms with E-state index in [9.17, 15) is 9.59 Å². The zero-order chi connectivity index (χ0) is 25.2. The molecule has 10 heteroatoms. The molecule has 1 N–H and O–H groups in total. The van der Waals surface area contributed by atoms with Crippen molar-refractivity contribution in [1.29, 1.82) is 0 Å². The number of pyridine rings is 1. The average Bonchev–Trinajstić information content (AvgIpc) is 3.50. The minimum atomic E-state index is -0.841. The Labute approximate surface area is 205 Å².